The molecule has 3 aromatic rings. The molecule has 0 unspecified atom stereocenters. The van der Waals surface area contributed by atoms with Crippen LogP contribution in [0, 0.1) is 0 Å². The predicted molar refractivity (Wildman–Crippen MR) is 131 cm³/mol. The summed E-state index contributed by atoms with van der Waals surface area (Å²) in [7, 11) is 0. The molecule has 0 saturated carbocycles. The number of benzene rings is 2. The number of amides is 1. The fourth-order valence-corrected chi connectivity index (χ4v) is 3.76. The van der Waals surface area contributed by atoms with Gasteiger partial charge in [-0.15, -0.1) is 11.3 Å². The molecule has 0 radical (unpaired) electrons. The van der Waals surface area contributed by atoms with Gasteiger partial charge in [0, 0.05) is 11.6 Å². The number of rotatable bonds is 9. The number of nitrogens with zero attached hydrogens (tertiary/aromatic N) is 1. The molecule has 1 amide bonds. The zero-order valence-electron chi connectivity index (χ0n) is 17.9. The maximum atomic E-state index is 12.5. The highest BCUT2D eigenvalue weighted by Crippen LogP contribution is 2.29. The Hall–Kier alpha value is -3.34. The van der Waals surface area contributed by atoms with Crippen LogP contribution in [0.5, 0.6) is 0 Å². The van der Waals surface area contributed by atoms with Crippen LogP contribution in [0.1, 0.15) is 16.8 Å². The van der Waals surface area contributed by atoms with Crippen molar-refractivity contribution in [3.05, 3.63) is 87.9 Å². The minimum atomic E-state index is -0.914. The molecule has 3 rings (SSSR count). The van der Waals surface area contributed by atoms with E-state index in [9.17, 15) is 14.4 Å². The third-order valence-corrected chi connectivity index (χ3v) is 5.58. The normalized spacial score (nSPS) is 11.2. The van der Waals surface area contributed by atoms with Gasteiger partial charge in [-0.3, -0.25) is 5.32 Å². The van der Waals surface area contributed by atoms with Crippen molar-refractivity contribution in [2.45, 2.75) is 13.2 Å². The Labute approximate surface area is 209 Å². The van der Waals surface area contributed by atoms with Crippen LogP contribution in [-0.2, 0) is 36.5 Å². The van der Waals surface area contributed by atoms with Gasteiger partial charge in [-0.05, 0) is 11.1 Å². The minimum absolute atomic E-state index is 0.0299. The first-order valence-corrected chi connectivity index (χ1v) is 12.2. The first kappa shape index (κ1) is 25.3. The van der Waals surface area contributed by atoms with Gasteiger partial charge in [0.2, 0.25) is 0 Å². The molecule has 0 aliphatic heterocycles. The van der Waals surface area contributed by atoms with Crippen molar-refractivity contribution in [3.8, 4) is 0 Å². The summed E-state index contributed by atoms with van der Waals surface area (Å²) >= 11 is 8.01. The molecule has 0 spiro atoms. The van der Waals surface area contributed by atoms with E-state index in [4.69, 9.17) is 25.3 Å². The SMILES string of the molecule is CSOC(=O)C(=C(Cl)C(=O)OCc1ccccc1)c1csc(NC(=O)OCc2ccccc2)n1. The fraction of sp³-hybridized carbons (Fsp3) is 0.130. The molecule has 0 aliphatic rings. The highest BCUT2D eigenvalue weighted by molar-refractivity contribution is 7.94. The molecule has 0 atom stereocenters. The lowest BCUT2D eigenvalue weighted by molar-refractivity contribution is -0.139. The summed E-state index contributed by atoms with van der Waals surface area (Å²) in [6.07, 6.45) is 0.809. The van der Waals surface area contributed by atoms with Crippen molar-refractivity contribution >= 4 is 63.7 Å². The molecule has 0 bridgehead atoms. The topological polar surface area (TPSA) is 104 Å². The van der Waals surface area contributed by atoms with Crippen LogP contribution in [0.25, 0.3) is 5.57 Å². The Kier molecular flexibility index (Phi) is 9.51. The fourth-order valence-electron chi connectivity index (χ4n) is 2.60. The van der Waals surface area contributed by atoms with Crippen LogP contribution < -0.4 is 5.32 Å². The highest BCUT2D eigenvalue weighted by atomic mass is 35.5. The third kappa shape index (κ3) is 7.34. The molecule has 8 nitrogen and oxygen atoms in total. The summed E-state index contributed by atoms with van der Waals surface area (Å²) in [6, 6.07) is 18.2. The van der Waals surface area contributed by atoms with Gasteiger partial charge in [-0.25, -0.2) is 19.4 Å². The predicted octanol–water partition coefficient (Wildman–Crippen LogP) is 5.41. The van der Waals surface area contributed by atoms with Gasteiger partial charge in [0.1, 0.15) is 23.8 Å². The summed E-state index contributed by atoms with van der Waals surface area (Å²) in [4.78, 5) is 41.3. The number of nitrogens with one attached hydrogen (secondary N) is 1. The Bertz CT molecular complexity index is 1170. The summed E-state index contributed by atoms with van der Waals surface area (Å²) in [5.74, 6) is -1.79. The lowest BCUT2D eigenvalue weighted by atomic mass is 10.2. The molecule has 2 aromatic carbocycles. The quantitative estimate of drug-likeness (QED) is 0.228. The third-order valence-electron chi connectivity index (χ3n) is 4.16. The van der Waals surface area contributed by atoms with Crippen molar-refractivity contribution in [3.63, 3.8) is 0 Å². The van der Waals surface area contributed by atoms with Crippen molar-refractivity contribution in [2.24, 2.45) is 0 Å². The molecule has 1 heterocycles. The number of halogens is 1. The highest BCUT2D eigenvalue weighted by Gasteiger charge is 2.26. The lowest BCUT2D eigenvalue weighted by Gasteiger charge is -2.08. The average Bonchev–Trinajstić information content (AvgIpc) is 3.30. The molecule has 34 heavy (non-hydrogen) atoms. The molecular formula is C23H19ClN2O6S2. The minimum Gasteiger partial charge on any atom is -0.457 e. The second-order valence-electron chi connectivity index (χ2n) is 6.51. The van der Waals surface area contributed by atoms with Crippen LogP contribution in [0.3, 0.4) is 0 Å². The van der Waals surface area contributed by atoms with E-state index in [1.54, 1.807) is 24.3 Å². The van der Waals surface area contributed by atoms with Gasteiger partial charge in [-0.2, -0.15) is 0 Å². The lowest BCUT2D eigenvalue weighted by Crippen LogP contribution is -2.14. The van der Waals surface area contributed by atoms with E-state index in [0.29, 0.717) is 0 Å². The van der Waals surface area contributed by atoms with Crippen molar-refractivity contribution in [1.82, 2.24) is 4.98 Å². The number of thiazole rings is 1. The molecule has 0 aliphatic carbocycles. The number of esters is 1. The van der Waals surface area contributed by atoms with E-state index >= 15 is 0 Å². The number of anilines is 1. The molecule has 1 N–H and O–H groups in total. The van der Waals surface area contributed by atoms with Crippen molar-refractivity contribution < 1.29 is 28.0 Å². The smallest absolute Gasteiger partial charge is 0.413 e. The van der Waals surface area contributed by atoms with Crippen LogP contribution in [-0.4, -0.2) is 29.3 Å². The molecule has 1 aromatic heterocycles. The molecule has 11 heteroatoms. The van der Waals surface area contributed by atoms with E-state index in [2.05, 4.69) is 10.3 Å². The Morgan fingerprint density at radius 1 is 0.941 bits per heavy atom. The van der Waals surface area contributed by atoms with E-state index in [-0.39, 0.29) is 29.6 Å². The van der Waals surface area contributed by atoms with E-state index in [1.807, 2.05) is 36.4 Å². The zero-order chi connectivity index (χ0) is 24.3. The zero-order valence-corrected chi connectivity index (χ0v) is 20.2. The van der Waals surface area contributed by atoms with Gasteiger partial charge in [0.15, 0.2) is 5.13 Å². The number of carbonyl (C=O) groups excluding carboxylic acids is 3. The number of hydrogen-bond donors (Lipinski definition) is 1. The van der Waals surface area contributed by atoms with Crippen molar-refractivity contribution in [2.75, 3.05) is 11.6 Å². The maximum Gasteiger partial charge on any atom is 0.413 e. The van der Waals surface area contributed by atoms with Crippen LogP contribution >= 0.6 is 35.0 Å². The molecule has 176 valence electrons. The monoisotopic (exact) mass is 518 g/mol. The van der Waals surface area contributed by atoms with Crippen LogP contribution in [0.15, 0.2) is 71.1 Å². The Balaban J connectivity index is 1.71. The first-order chi connectivity index (χ1) is 16.5. The van der Waals surface area contributed by atoms with E-state index < -0.39 is 23.1 Å². The van der Waals surface area contributed by atoms with Crippen LogP contribution in [0.2, 0.25) is 0 Å². The Morgan fingerprint density at radius 3 is 2.12 bits per heavy atom. The van der Waals surface area contributed by atoms with Gasteiger partial charge >= 0.3 is 18.0 Å². The summed E-state index contributed by atoms with van der Waals surface area (Å²) in [5, 5.41) is 3.59. The number of ether oxygens (including phenoxy) is 2. The standard InChI is InChI=1S/C23H19ClN2O6S2/c1-33-32-20(27)18(19(24)21(28)30-12-15-8-4-2-5-9-15)17-14-34-22(25-17)26-23(29)31-13-16-10-6-3-7-11-16/h2-11,14H,12-13H2,1H3,(H,25,26,29). The van der Waals surface area contributed by atoms with Gasteiger partial charge in [0.05, 0.1) is 17.7 Å². The maximum absolute atomic E-state index is 12.5. The van der Waals surface area contributed by atoms with E-state index in [1.165, 1.54) is 11.6 Å². The van der Waals surface area contributed by atoms with Gasteiger partial charge in [-0.1, -0.05) is 72.3 Å². The number of hydrogen-bond acceptors (Lipinski definition) is 9. The molecule has 0 fully saturated rings. The first-order valence-electron chi connectivity index (χ1n) is 9.77. The molecular weight excluding hydrogens is 500 g/mol. The van der Waals surface area contributed by atoms with Gasteiger partial charge < -0.3 is 13.7 Å². The Morgan fingerprint density at radius 2 is 1.53 bits per heavy atom. The largest absolute Gasteiger partial charge is 0.457 e. The summed E-state index contributed by atoms with van der Waals surface area (Å²) in [6.45, 7) is 0.0487. The van der Waals surface area contributed by atoms with E-state index in [0.717, 1.165) is 34.5 Å². The summed E-state index contributed by atoms with van der Waals surface area (Å²) in [5.41, 5.74) is 1.34. The van der Waals surface area contributed by atoms with Gasteiger partial charge in [0.25, 0.3) is 0 Å². The van der Waals surface area contributed by atoms with Crippen molar-refractivity contribution in [1.29, 1.82) is 0 Å². The average molecular weight is 519 g/mol. The summed E-state index contributed by atoms with van der Waals surface area (Å²) < 4.78 is 15.3. The number of carbonyl (C=O) groups is 3. The molecule has 0 saturated heterocycles. The van der Waals surface area contributed by atoms with Crippen LogP contribution in [0.4, 0.5) is 9.93 Å². The number of aromatic nitrogens is 1. The second kappa shape index (κ2) is 12.8. The second-order valence-corrected chi connectivity index (χ2v) is 8.25.